The minimum Gasteiger partial charge on any atom is -0.352 e. The van der Waals surface area contributed by atoms with E-state index in [-0.39, 0.29) is 23.4 Å². The van der Waals surface area contributed by atoms with Gasteiger partial charge in [0, 0.05) is 12.6 Å². The molecular formula is C35H45N3O4S. The smallest absolute Gasteiger partial charge is 0.264 e. The molecule has 4 rings (SSSR count). The Balaban J connectivity index is 1.75. The first-order valence-electron chi connectivity index (χ1n) is 15.3. The molecular weight excluding hydrogens is 558 g/mol. The van der Waals surface area contributed by atoms with E-state index in [1.165, 1.54) is 10.7 Å². The fourth-order valence-electron chi connectivity index (χ4n) is 5.79. The maximum absolute atomic E-state index is 14.4. The van der Waals surface area contributed by atoms with Crippen LogP contribution in [0.5, 0.6) is 0 Å². The highest BCUT2D eigenvalue weighted by Gasteiger charge is 2.35. The highest BCUT2D eigenvalue weighted by Crippen LogP contribution is 2.29. The third-order valence-corrected chi connectivity index (χ3v) is 10.4. The Morgan fingerprint density at radius 2 is 1.51 bits per heavy atom. The average molecular weight is 604 g/mol. The van der Waals surface area contributed by atoms with Crippen LogP contribution in [0.4, 0.5) is 5.69 Å². The van der Waals surface area contributed by atoms with E-state index in [0.29, 0.717) is 12.1 Å². The average Bonchev–Trinajstić information content (AvgIpc) is 2.99. The Kier molecular flexibility index (Phi) is 10.7. The van der Waals surface area contributed by atoms with Crippen LogP contribution in [-0.2, 0) is 26.2 Å². The molecule has 3 aromatic rings. The predicted octanol–water partition coefficient (Wildman–Crippen LogP) is 6.37. The fourth-order valence-corrected chi connectivity index (χ4v) is 7.26. The van der Waals surface area contributed by atoms with E-state index in [9.17, 15) is 18.0 Å². The van der Waals surface area contributed by atoms with Crippen molar-refractivity contribution in [1.82, 2.24) is 10.2 Å². The zero-order chi connectivity index (χ0) is 31.1. The standard InChI is InChI=1S/C35H45N3O4S/c1-6-32(35(40)36-30-16-8-7-9-17-30)37(23-29-15-11-10-13-27(29)4)34(39)24-38(33-18-12-14-26(3)28(33)5)43(41,42)31-21-19-25(2)20-22-31/h10-15,18-22,30,32H,6-9,16-17,23-24H2,1-5H3,(H,36,40). The van der Waals surface area contributed by atoms with Crippen LogP contribution in [0.1, 0.15) is 73.3 Å². The van der Waals surface area contributed by atoms with Crippen LogP contribution in [0.25, 0.3) is 0 Å². The SMILES string of the molecule is CCC(C(=O)NC1CCCCC1)N(Cc1ccccc1C)C(=O)CN(c1cccc(C)c1C)S(=O)(=O)c1ccc(C)cc1. The quantitative estimate of drug-likeness (QED) is 0.276. The Bertz CT molecular complexity index is 1530. The van der Waals surface area contributed by atoms with Crippen molar-refractivity contribution in [1.29, 1.82) is 0 Å². The van der Waals surface area contributed by atoms with Gasteiger partial charge >= 0.3 is 0 Å². The van der Waals surface area contributed by atoms with Crippen LogP contribution in [0.15, 0.2) is 71.6 Å². The van der Waals surface area contributed by atoms with E-state index in [1.807, 2.05) is 65.0 Å². The maximum atomic E-state index is 14.4. The largest absolute Gasteiger partial charge is 0.352 e. The second kappa shape index (κ2) is 14.2. The number of rotatable bonds is 11. The van der Waals surface area contributed by atoms with E-state index in [0.717, 1.165) is 53.5 Å². The Morgan fingerprint density at radius 1 is 0.860 bits per heavy atom. The predicted molar refractivity (Wildman–Crippen MR) is 172 cm³/mol. The molecule has 3 aromatic carbocycles. The summed E-state index contributed by atoms with van der Waals surface area (Å²) < 4.78 is 29.6. The lowest BCUT2D eigenvalue weighted by Crippen LogP contribution is -2.54. The molecule has 1 atom stereocenters. The van der Waals surface area contributed by atoms with Crippen molar-refractivity contribution in [2.75, 3.05) is 10.8 Å². The number of carbonyl (C=O) groups excluding carboxylic acids is 2. The van der Waals surface area contributed by atoms with Crippen LogP contribution in [0, 0.1) is 27.7 Å². The highest BCUT2D eigenvalue weighted by atomic mass is 32.2. The van der Waals surface area contributed by atoms with Gasteiger partial charge in [0.05, 0.1) is 10.6 Å². The number of hydrogen-bond acceptors (Lipinski definition) is 4. The van der Waals surface area contributed by atoms with Crippen molar-refractivity contribution in [3.05, 3.63) is 94.5 Å². The molecule has 0 aromatic heterocycles. The summed E-state index contributed by atoms with van der Waals surface area (Å²) in [6.45, 7) is 9.33. The van der Waals surface area contributed by atoms with E-state index in [2.05, 4.69) is 5.32 Å². The van der Waals surface area contributed by atoms with Crippen LogP contribution < -0.4 is 9.62 Å². The summed E-state index contributed by atoms with van der Waals surface area (Å²) in [5, 5.41) is 3.20. The summed E-state index contributed by atoms with van der Waals surface area (Å²) in [7, 11) is -4.11. The normalized spacial score (nSPS) is 14.6. The molecule has 43 heavy (non-hydrogen) atoms. The molecule has 0 saturated heterocycles. The number of carbonyl (C=O) groups is 2. The van der Waals surface area contributed by atoms with E-state index >= 15 is 0 Å². The number of aryl methyl sites for hydroxylation is 3. The number of benzene rings is 3. The number of nitrogens with zero attached hydrogens (tertiary/aromatic N) is 2. The molecule has 1 aliphatic carbocycles. The fraction of sp³-hybridized carbons (Fsp3) is 0.429. The highest BCUT2D eigenvalue weighted by molar-refractivity contribution is 7.92. The first-order chi connectivity index (χ1) is 20.5. The second-order valence-corrected chi connectivity index (χ2v) is 13.6. The molecule has 0 radical (unpaired) electrons. The van der Waals surface area contributed by atoms with Gasteiger partial charge in [-0.25, -0.2) is 8.42 Å². The lowest BCUT2D eigenvalue weighted by atomic mass is 9.95. The van der Waals surface area contributed by atoms with Gasteiger partial charge in [0.15, 0.2) is 0 Å². The molecule has 0 bridgehead atoms. The van der Waals surface area contributed by atoms with Crippen molar-refractivity contribution in [3.8, 4) is 0 Å². The minimum atomic E-state index is -4.11. The Labute approximate surface area is 257 Å². The monoisotopic (exact) mass is 603 g/mol. The lowest BCUT2D eigenvalue weighted by Gasteiger charge is -2.35. The van der Waals surface area contributed by atoms with Gasteiger partial charge in [-0.15, -0.1) is 0 Å². The maximum Gasteiger partial charge on any atom is 0.264 e. The zero-order valence-corrected chi connectivity index (χ0v) is 26.9. The van der Waals surface area contributed by atoms with Gasteiger partial charge in [0.2, 0.25) is 11.8 Å². The zero-order valence-electron chi connectivity index (χ0n) is 26.1. The number of anilines is 1. The summed E-state index contributed by atoms with van der Waals surface area (Å²) >= 11 is 0. The molecule has 1 fully saturated rings. The number of amides is 2. The van der Waals surface area contributed by atoms with Gasteiger partial charge < -0.3 is 10.2 Å². The first-order valence-corrected chi connectivity index (χ1v) is 16.8. The second-order valence-electron chi connectivity index (χ2n) is 11.8. The third-order valence-electron chi connectivity index (χ3n) is 8.67. The van der Waals surface area contributed by atoms with Crippen LogP contribution >= 0.6 is 0 Å². The van der Waals surface area contributed by atoms with Crippen molar-refractivity contribution < 1.29 is 18.0 Å². The topological polar surface area (TPSA) is 86.8 Å². The van der Waals surface area contributed by atoms with E-state index < -0.39 is 28.5 Å². The van der Waals surface area contributed by atoms with Crippen LogP contribution in [-0.4, -0.2) is 43.8 Å². The van der Waals surface area contributed by atoms with Crippen LogP contribution in [0.3, 0.4) is 0 Å². The Morgan fingerprint density at radius 3 is 2.16 bits per heavy atom. The molecule has 230 valence electrons. The summed E-state index contributed by atoms with van der Waals surface area (Å²) in [5.41, 5.74) is 5.00. The molecule has 7 nitrogen and oxygen atoms in total. The van der Waals surface area contributed by atoms with Crippen molar-refractivity contribution >= 4 is 27.5 Å². The molecule has 8 heteroatoms. The molecule has 2 amide bonds. The molecule has 1 aliphatic rings. The summed E-state index contributed by atoms with van der Waals surface area (Å²) in [4.78, 5) is 29.8. The summed E-state index contributed by atoms with van der Waals surface area (Å²) in [6.07, 6.45) is 5.60. The molecule has 1 saturated carbocycles. The van der Waals surface area contributed by atoms with Crippen LogP contribution in [0.2, 0.25) is 0 Å². The summed E-state index contributed by atoms with van der Waals surface area (Å²) in [6, 6.07) is 19.3. The summed E-state index contributed by atoms with van der Waals surface area (Å²) in [5.74, 6) is -0.610. The van der Waals surface area contributed by atoms with Crippen molar-refractivity contribution in [2.24, 2.45) is 0 Å². The molecule has 0 aliphatic heterocycles. The molecule has 0 spiro atoms. The van der Waals surface area contributed by atoms with Gasteiger partial charge in [-0.2, -0.15) is 0 Å². The third kappa shape index (κ3) is 7.66. The Hall–Kier alpha value is -3.65. The molecule has 1 unspecified atom stereocenters. The van der Waals surface area contributed by atoms with Gasteiger partial charge in [-0.05, 0) is 87.4 Å². The molecule has 1 N–H and O–H groups in total. The first kappa shape index (κ1) is 32.3. The van der Waals surface area contributed by atoms with E-state index in [1.54, 1.807) is 41.3 Å². The van der Waals surface area contributed by atoms with Crippen molar-refractivity contribution in [3.63, 3.8) is 0 Å². The van der Waals surface area contributed by atoms with Gasteiger partial charge in [0.25, 0.3) is 10.0 Å². The number of sulfonamides is 1. The lowest BCUT2D eigenvalue weighted by molar-refractivity contribution is -0.140. The van der Waals surface area contributed by atoms with E-state index in [4.69, 9.17) is 0 Å². The van der Waals surface area contributed by atoms with Gasteiger partial charge in [0.1, 0.15) is 12.6 Å². The molecule has 0 heterocycles. The minimum absolute atomic E-state index is 0.0964. The van der Waals surface area contributed by atoms with Gasteiger partial charge in [-0.3, -0.25) is 13.9 Å². The van der Waals surface area contributed by atoms with Gasteiger partial charge in [-0.1, -0.05) is 80.3 Å². The number of nitrogens with one attached hydrogen (secondary N) is 1. The van der Waals surface area contributed by atoms with Crippen molar-refractivity contribution in [2.45, 2.75) is 96.7 Å². The number of hydrogen-bond donors (Lipinski definition) is 1.